The molecule has 0 unspecified atom stereocenters. The number of hydrogen-bond acceptors (Lipinski definition) is 5. The van der Waals surface area contributed by atoms with Gasteiger partial charge in [0.1, 0.15) is 11.2 Å². The predicted molar refractivity (Wildman–Crippen MR) is 88.9 cm³/mol. The molecule has 0 radical (unpaired) electrons. The maximum absolute atomic E-state index is 12.1. The number of nitrogens with zero attached hydrogens (tertiary/aromatic N) is 2. The molecule has 2 amide bonds. The molecule has 8 heteroatoms. The Labute approximate surface area is 140 Å². The van der Waals surface area contributed by atoms with Gasteiger partial charge >= 0.3 is 6.09 Å². The molecule has 1 N–H and O–H groups in total. The van der Waals surface area contributed by atoms with Crippen molar-refractivity contribution in [1.82, 2.24) is 10.2 Å². The van der Waals surface area contributed by atoms with Crippen LogP contribution >= 0.6 is 0 Å². The lowest BCUT2D eigenvalue weighted by atomic mass is 10.1. The van der Waals surface area contributed by atoms with Crippen LogP contribution in [0, 0.1) is 10.1 Å². The Bertz CT molecular complexity index is 610. The van der Waals surface area contributed by atoms with E-state index in [4.69, 9.17) is 4.74 Å². The number of para-hydroxylation sites is 1. The molecular weight excluding hydrogens is 314 g/mol. The van der Waals surface area contributed by atoms with E-state index in [0.29, 0.717) is 6.54 Å². The van der Waals surface area contributed by atoms with Crippen LogP contribution in [0.4, 0.5) is 10.5 Å². The number of carbonyl (C=O) groups excluding carboxylic acids is 2. The van der Waals surface area contributed by atoms with E-state index in [1.165, 1.54) is 23.1 Å². The highest BCUT2D eigenvalue weighted by Gasteiger charge is 2.22. The van der Waals surface area contributed by atoms with Crippen LogP contribution in [0.15, 0.2) is 24.3 Å². The lowest BCUT2D eigenvalue weighted by molar-refractivity contribution is -0.385. The number of likely N-dealkylation sites (N-methyl/N-ethyl adjacent to an activating group) is 1. The van der Waals surface area contributed by atoms with Crippen molar-refractivity contribution < 1.29 is 19.2 Å². The van der Waals surface area contributed by atoms with Gasteiger partial charge in [-0.1, -0.05) is 12.1 Å². The number of benzene rings is 1. The first kappa shape index (κ1) is 19.4. The summed E-state index contributed by atoms with van der Waals surface area (Å²) in [6.45, 7) is 7.96. The summed E-state index contributed by atoms with van der Waals surface area (Å²) in [4.78, 5) is 35.8. The molecule has 0 saturated carbocycles. The third kappa shape index (κ3) is 5.86. The highest BCUT2D eigenvalue weighted by atomic mass is 16.6. The molecule has 0 aliphatic carbocycles. The highest BCUT2D eigenvalue weighted by Crippen LogP contribution is 2.17. The molecule has 0 fully saturated rings. The van der Waals surface area contributed by atoms with Crippen LogP contribution in [-0.2, 0) is 4.74 Å². The summed E-state index contributed by atoms with van der Waals surface area (Å²) in [6, 6.07) is 5.71. The average Bonchev–Trinajstić information content (AvgIpc) is 2.49. The third-order valence-electron chi connectivity index (χ3n) is 3.05. The Kier molecular flexibility index (Phi) is 6.69. The number of nitrogens with one attached hydrogen (secondary N) is 1. The third-order valence-corrected chi connectivity index (χ3v) is 3.05. The SMILES string of the molecule is CCN(CCNC(=O)c1ccccc1[N+](=O)[O-])C(=O)OC(C)(C)C. The number of amides is 2. The van der Waals surface area contributed by atoms with Crippen LogP contribution in [0.25, 0.3) is 0 Å². The van der Waals surface area contributed by atoms with E-state index in [1.807, 2.05) is 0 Å². The summed E-state index contributed by atoms with van der Waals surface area (Å²) in [7, 11) is 0. The first-order chi connectivity index (χ1) is 11.2. The molecule has 0 bridgehead atoms. The minimum atomic E-state index is -0.603. The smallest absolute Gasteiger partial charge is 0.410 e. The standard InChI is InChI=1S/C16H23N3O5/c1-5-18(15(21)24-16(2,3)4)11-10-17-14(20)12-8-6-7-9-13(12)19(22)23/h6-9H,5,10-11H2,1-4H3,(H,17,20). The van der Waals surface area contributed by atoms with Crippen LogP contribution < -0.4 is 5.32 Å². The minimum Gasteiger partial charge on any atom is -0.444 e. The summed E-state index contributed by atoms with van der Waals surface area (Å²) >= 11 is 0. The van der Waals surface area contributed by atoms with Crippen LogP contribution in [-0.4, -0.2) is 47.1 Å². The second-order valence-electron chi connectivity index (χ2n) is 6.09. The lowest BCUT2D eigenvalue weighted by Gasteiger charge is -2.26. The monoisotopic (exact) mass is 337 g/mol. The average molecular weight is 337 g/mol. The van der Waals surface area contributed by atoms with Gasteiger partial charge in [-0.3, -0.25) is 14.9 Å². The van der Waals surface area contributed by atoms with E-state index in [9.17, 15) is 19.7 Å². The molecule has 1 aromatic rings. The zero-order valence-corrected chi connectivity index (χ0v) is 14.4. The molecule has 0 spiro atoms. The molecular formula is C16H23N3O5. The zero-order valence-electron chi connectivity index (χ0n) is 14.4. The van der Waals surface area contributed by atoms with Gasteiger partial charge < -0.3 is 15.0 Å². The fraction of sp³-hybridized carbons (Fsp3) is 0.500. The van der Waals surface area contributed by atoms with Crippen LogP contribution in [0.2, 0.25) is 0 Å². The van der Waals surface area contributed by atoms with Gasteiger partial charge in [0, 0.05) is 25.7 Å². The highest BCUT2D eigenvalue weighted by molar-refractivity contribution is 5.98. The van der Waals surface area contributed by atoms with Crippen LogP contribution in [0.5, 0.6) is 0 Å². The van der Waals surface area contributed by atoms with Crippen molar-refractivity contribution >= 4 is 17.7 Å². The number of nitro groups is 1. The largest absolute Gasteiger partial charge is 0.444 e. The number of hydrogen-bond donors (Lipinski definition) is 1. The minimum absolute atomic E-state index is 0.0113. The maximum Gasteiger partial charge on any atom is 0.410 e. The van der Waals surface area contributed by atoms with E-state index < -0.39 is 22.5 Å². The quantitative estimate of drug-likeness (QED) is 0.635. The second-order valence-corrected chi connectivity index (χ2v) is 6.09. The van der Waals surface area contributed by atoms with Crippen LogP contribution in [0.1, 0.15) is 38.1 Å². The Morgan fingerprint density at radius 1 is 1.29 bits per heavy atom. The molecule has 0 saturated heterocycles. The summed E-state index contributed by atoms with van der Waals surface area (Å²) in [5.41, 5.74) is -0.865. The number of carbonyl (C=O) groups is 2. The van der Waals surface area contributed by atoms with Gasteiger partial charge in [0.15, 0.2) is 0 Å². The Hall–Kier alpha value is -2.64. The molecule has 1 rings (SSSR count). The second kappa shape index (κ2) is 8.28. The summed E-state index contributed by atoms with van der Waals surface area (Å²) in [5, 5.41) is 13.5. The molecule has 0 aromatic heterocycles. The first-order valence-corrected chi connectivity index (χ1v) is 7.65. The van der Waals surface area contributed by atoms with Crippen molar-refractivity contribution in [3.05, 3.63) is 39.9 Å². The number of rotatable bonds is 6. The number of nitro benzene ring substituents is 1. The Morgan fingerprint density at radius 2 is 1.92 bits per heavy atom. The molecule has 0 atom stereocenters. The molecule has 0 aliphatic rings. The molecule has 132 valence electrons. The van der Waals surface area contributed by atoms with Gasteiger partial charge in [-0.05, 0) is 33.8 Å². The normalized spacial score (nSPS) is 10.8. The fourth-order valence-corrected chi connectivity index (χ4v) is 1.93. The Morgan fingerprint density at radius 3 is 2.46 bits per heavy atom. The van der Waals surface area contributed by atoms with Gasteiger partial charge in [-0.2, -0.15) is 0 Å². The first-order valence-electron chi connectivity index (χ1n) is 7.65. The summed E-state index contributed by atoms with van der Waals surface area (Å²) in [5.74, 6) is -0.553. The molecule has 8 nitrogen and oxygen atoms in total. The van der Waals surface area contributed by atoms with E-state index in [0.717, 1.165) is 0 Å². The summed E-state index contributed by atoms with van der Waals surface area (Å²) < 4.78 is 5.27. The number of ether oxygens (including phenoxy) is 1. The topological polar surface area (TPSA) is 102 Å². The lowest BCUT2D eigenvalue weighted by Crippen LogP contribution is -2.41. The van der Waals surface area contributed by atoms with Gasteiger partial charge in [-0.15, -0.1) is 0 Å². The maximum atomic E-state index is 12.1. The predicted octanol–water partition coefficient (Wildman–Crippen LogP) is 2.58. The van der Waals surface area contributed by atoms with E-state index in [1.54, 1.807) is 33.8 Å². The van der Waals surface area contributed by atoms with E-state index >= 15 is 0 Å². The van der Waals surface area contributed by atoms with Gasteiger partial charge in [-0.25, -0.2) is 4.79 Å². The van der Waals surface area contributed by atoms with Gasteiger partial charge in [0.2, 0.25) is 0 Å². The Balaban J connectivity index is 2.61. The van der Waals surface area contributed by atoms with Crippen molar-refractivity contribution in [2.75, 3.05) is 19.6 Å². The van der Waals surface area contributed by atoms with Crippen molar-refractivity contribution in [2.45, 2.75) is 33.3 Å². The zero-order chi connectivity index (χ0) is 18.3. The molecule has 1 aromatic carbocycles. The summed E-state index contributed by atoms with van der Waals surface area (Å²) in [6.07, 6.45) is -0.468. The van der Waals surface area contributed by atoms with Crippen molar-refractivity contribution in [1.29, 1.82) is 0 Å². The van der Waals surface area contributed by atoms with Gasteiger partial charge in [0.25, 0.3) is 11.6 Å². The van der Waals surface area contributed by atoms with Crippen molar-refractivity contribution in [3.8, 4) is 0 Å². The molecule has 24 heavy (non-hydrogen) atoms. The fourth-order valence-electron chi connectivity index (χ4n) is 1.93. The van der Waals surface area contributed by atoms with Crippen molar-refractivity contribution in [3.63, 3.8) is 0 Å². The van der Waals surface area contributed by atoms with Crippen molar-refractivity contribution in [2.24, 2.45) is 0 Å². The van der Waals surface area contributed by atoms with Gasteiger partial charge in [0.05, 0.1) is 4.92 Å². The van der Waals surface area contributed by atoms with E-state index in [-0.39, 0.29) is 24.3 Å². The van der Waals surface area contributed by atoms with E-state index in [2.05, 4.69) is 5.32 Å². The van der Waals surface area contributed by atoms with Crippen LogP contribution in [0.3, 0.4) is 0 Å². The molecule has 0 aliphatic heterocycles. The molecule has 0 heterocycles.